The number of amides is 1. The lowest BCUT2D eigenvalue weighted by Gasteiger charge is -2.31. The Hall–Kier alpha value is -3.94. The summed E-state index contributed by atoms with van der Waals surface area (Å²) in [5.41, 5.74) is 2.41. The van der Waals surface area contributed by atoms with Gasteiger partial charge in [-0.25, -0.2) is 19.3 Å². The SMILES string of the molecule is C[C@H]1CN([C@@H](C)c2ccccc2)c2nc(-n3c(=O)[nH]c4ncccc43)ccc2C(=O)N1. The molecule has 0 spiro atoms. The van der Waals surface area contributed by atoms with Crippen LogP contribution in [0.15, 0.2) is 65.6 Å². The molecule has 1 amide bonds. The molecule has 31 heavy (non-hydrogen) atoms. The Morgan fingerprint density at radius 1 is 1.06 bits per heavy atom. The first-order valence-corrected chi connectivity index (χ1v) is 10.2. The number of hydrogen-bond donors (Lipinski definition) is 2. The van der Waals surface area contributed by atoms with Crippen molar-refractivity contribution < 1.29 is 4.79 Å². The van der Waals surface area contributed by atoms with Gasteiger partial charge in [0.1, 0.15) is 11.6 Å². The van der Waals surface area contributed by atoms with E-state index >= 15 is 0 Å². The van der Waals surface area contributed by atoms with E-state index in [0.717, 1.165) is 5.56 Å². The number of aromatic amines is 1. The van der Waals surface area contributed by atoms with E-state index in [2.05, 4.69) is 39.2 Å². The lowest BCUT2D eigenvalue weighted by Crippen LogP contribution is -2.39. The second-order valence-electron chi connectivity index (χ2n) is 7.79. The van der Waals surface area contributed by atoms with Crippen molar-refractivity contribution in [2.75, 3.05) is 11.4 Å². The molecule has 0 fully saturated rings. The molecule has 156 valence electrons. The van der Waals surface area contributed by atoms with E-state index in [1.54, 1.807) is 24.4 Å². The molecule has 0 saturated heterocycles. The van der Waals surface area contributed by atoms with E-state index in [-0.39, 0.29) is 23.7 Å². The lowest BCUT2D eigenvalue weighted by atomic mass is 10.1. The number of benzene rings is 1. The van der Waals surface area contributed by atoms with Crippen molar-refractivity contribution >= 4 is 22.9 Å². The van der Waals surface area contributed by atoms with Gasteiger partial charge in [-0.2, -0.15) is 0 Å². The lowest BCUT2D eigenvalue weighted by molar-refractivity contribution is 0.0945. The van der Waals surface area contributed by atoms with Gasteiger partial charge in [-0.05, 0) is 43.7 Å². The topological polar surface area (TPSA) is 95.9 Å². The van der Waals surface area contributed by atoms with Crippen molar-refractivity contribution in [3.63, 3.8) is 0 Å². The summed E-state index contributed by atoms with van der Waals surface area (Å²) in [6.45, 7) is 4.67. The van der Waals surface area contributed by atoms with Crippen LogP contribution in [-0.2, 0) is 0 Å². The van der Waals surface area contributed by atoms with Crippen LogP contribution in [0.5, 0.6) is 0 Å². The molecule has 1 aromatic carbocycles. The minimum atomic E-state index is -0.324. The Labute approximate surface area is 178 Å². The standard InChI is InChI=1S/C23H22N6O2/c1-14-13-28(15(2)16-7-4-3-5-8-16)21-17(22(30)25-14)10-11-19(26-21)29-18-9-6-12-24-20(18)27-23(29)31/h3-12,14-15H,13H2,1-2H3,(H,25,30)(H,24,27,31)/t14-,15-/m0/s1. The molecule has 3 aromatic heterocycles. The highest BCUT2D eigenvalue weighted by atomic mass is 16.2. The largest absolute Gasteiger partial charge is 0.348 e. The van der Waals surface area contributed by atoms with Gasteiger partial charge in [0.25, 0.3) is 5.91 Å². The van der Waals surface area contributed by atoms with Gasteiger partial charge in [-0.1, -0.05) is 30.3 Å². The molecule has 0 radical (unpaired) electrons. The molecule has 4 aromatic rings. The van der Waals surface area contributed by atoms with Crippen LogP contribution in [0.25, 0.3) is 17.0 Å². The molecule has 8 nitrogen and oxygen atoms in total. The molecule has 2 atom stereocenters. The molecule has 2 N–H and O–H groups in total. The van der Waals surface area contributed by atoms with E-state index in [9.17, 15) is 9.59 Å². The number of nitrogens with one attached hydrogen (secondary N) is 2. The summed E-state index contributed by atoms with van der Waals surface area (Å²) < 4.78 is 1.49. The van der Waals surface area contributed by atoms with Crippen LogP contribution in [-0.4, -0.2) is 38.0 Å². The van der Waals surface area contributed by atoms with Crippen LogP contribution in [0.2, 0.25) is 0 Å². The maximum Gasteiger partial charge on any atom is 0.333 e. The number of rotatable bonds is 3. The first-order valence-electron chi connectivity index (χ1n) is 10.2. The molecule has 5 rings (SSSR count). The third-order valence-electron chi connectivity index (χ3n) is 5.66. The number of imidazole rings is 1. The molecule has 0 saturated carbocycles. The summed E-state index contributed by atoms with van der Waals surface area (Å²) in [6, 6.07) is 17.0. The first kappa shape index (κ1) is 19.0. The first-order chi connectivity index (χ1) is 15.0. The number of anilines is 1. The van der Waals surface area contributed by atoms with Crippen molar-refractivity contribution in [1.29, 1.82) is 0 Å². The van der Waals surface area contributed by atoms with E-state index < -0.39 is 0 Å². The quantitative estimate of drug-likeness (QED) is 0.537. The summed E-state index contributed by atoms with van der Waals surface area (Å²) >= 11 is 0. The highest BCUT2D eigenvalue weighted by Gasteiger charge is 2.30. The molecular formula is C23H22N6O2. The number of H-pyrrole nitrogens is 1. The normalized spacial score (nSPS) is 17.2. The molecule has 0 aliphatic carbocycles. The van der Waals surface area contributed by atoms with Crippen LogP contribution < -0.4 is 15.9 Å². The summed E-state index contributed by atoms with van der Waals surface area (Å²) in [7, 11) is 0. The monoisotopic (exact) mass is 414 g/mol. The summed E-state index contributed by atoms with van der Waals surface area (Å²) in [4.78, 5) is 39.4. The van der Waals surface area contributed by atoms with Crippen molar-refractivity contribution in [3.05, 3.63) is 82.4 Å². The number of aromatic nitrogens is 4. The molecule has 4 heterocycles. The predicted molar refractivity (Wildman–Crippen MR) is 119 cm³/mol. The van der Waals surface area contributed by atoms with Crippen molar-refractivity contribution in [1.82, 2.24) is 24.8 Å². The molecule has 1 aliphatic rings. The van der Waals surface area contributed by atoms with Crippen LogP contribution in [0.1, 0.15) is 35.8 Å². The molecule has 1 aliphatic heterocycles. The average Bonchev–Trinajstić information content (AvgIpc) is 3.06. The van der Waals surface area contributed by atoms with E-state index in [1.165, 1.54) is 4.57 Å². The number of fused-ring (bicyclic) bond motifs is 2. The number of carbonyl (C=O) groups is 1. The maximum absolute atomic E-state index is 12.8. The Morgan fingerprint density at radius 3 is 2.68 bits per heavy atom. The van der Waals surface area contributed by atoms with Gasteiger partial charge in [0.15, 0.2) is 5.65 Å². The van der Waals surface area contributed by atoms with Crippen LogP contribution in [0.4, 0.5) is 5.82 Å². The fourth-order valence-corrected chi connectivity index (χ4v) is 4.11. The third-order valence-corrected chi connectivity index (χ3v) is 5.66. The summed E-state index contributed by atoms with van der Waals surface area (Å²) in [6.07, 6.45) is 1.63. The second-order valence-corrected chi connectivity index (χ2v) is 7.79. The number of nitrogens with zero attached hydrogens (tertiary/aromatic N) is 4. The number of carbonyl (C=O) groups excluding carboxylic acids is 1. The van der Waals surface area contributed by atoms with Gasteiger partial charge in [0.2, 0.25) is 0 Å². The van der Waals surface area contributed by atoms with Gasteiger partial charge < -0.3 is 10.2 Å². The van der Waals surface area contributed by atoms with Gasteiger partial charge in [-0.3, -0.25) is 9.78 Å². The van der Waals surface area contributed by atoms with E-state index in [0.29, 0.717) is 34.9 Å². The fourth-order valence-electron chi connectivity index (χ4n) is 4.11. The Morgan fingerprint density at radius 2 is 1.87 bits per heavy atom. The number of hydrogen-bond acceptors (Lipinski definition) is 5. The molecule has 0 unspecified atom stereocenters. The van der Waals surface area contributed by atoms with Crippen molar-refractivity contribution in [2.24, 2.45) is 0 Å². The average molecular weight is 414 g/mol. The van der Waals surface area contributed by atoms with Gasteiger partial charge in [0, 0.05) is 18.8 Å². The summed E-state index contributed by atoms with van der Waals surface area (Å²) in [5, 5.41) is 3.02. The van der Waals surface area contributed by atoms with E-state index in [4.69, 9.17) is 4.98 Å². The second kappa shape index (κ2) is 7.39. The minimum Gasteiger partial charge on any atom is -0.348 e. The van der Waals surface area contributed by atoms with Crippen LogP contribution >= 0.6 is 0 Å². The molecular weight excluding hydrogens is 392 g/mol. The maximum atomic E-state index is 12.8. The van der Waals surface area contributed by atoms with Gasteiger partial charge >= 0.3 is 5.69 Å². The van der Waals surface area contributed by atoms with Crippen LogP contribution in [0.3, 0.4) is 0 Å². The van der Waals surface area contributed by atoms with E-state index in [1.807, 2.05) is 31.2 Å². The predicted octanol–water partition coefficient (Wildman–Crippen LogP) is 2.81. The smallest absolute Gasteiger partial charge is 0.333 e. The Kier molecular flexibility index (Phi) is 4.54. The Bertz CT molecular complexity index is 1330. The molecule has 8 heteroatoms. The summed E-state index contributed by atoms with van der Waals surface area (Å²) in [5.74, 6) is 0.828. The zero-order chi connectivity index (χ0) is 21.5. The Balaban J connectivity index is 1.69. The fraction of sp³-hybridized carbons (Fsp3) is 0.217. The van der Waals surface area contributed by atoms with Crippen molar-refractivity contribution in [2.45, 2.75) is 25.9 Å². The highest BCUT2D eigenvalue weighted by Crippen LogP contribution is 2.31. The van der Waals surface area contributed by atoms with Gasteiger partial charge in [-0.15, -0.1) is 0 Å². The van der Waals surface area contributed by atoms with Crippen LogP contribution in [0, 0.1) is 0 Å². The third kappa shape index (κ3) is 3.26. The number of pyridine rings is 2. The minimum absolute atomic E-state index is 0.0146. The zero-order valence-corrected chi connectivity index (χ0v) is 17.2. The molecule has 0 bridgehead atoms. The van der Waals surface area contributed by atoms with Crippen molar-refractivity contribution in [3.8, 4) is 5.82 Å². The highest BCUT2D eigenvalue weighted by molar-refractivity contribution is 6.00. The zero-order valence-electron chi connectivity index (χ0n) is 17.2. The van der Waals surface area contributed by atoms with Gasteiger partial charge in [0.05, 0.1) is 17.1 Å².